The lowest BCUT2D eigenvalue weighted by molar-refractivity contribution is 0.129. The number of fused-ring (bicyclic) bond motifs is 3. The number of anilines is 1. The van der Waals surface area contributed by atoms with E-state index in [0.29, 0.717) is 11.5 Å². The minimum Gasteiger partial charge on any atom is -0.444 e. The minimum absolute atomic E-state index is 0.0335. The van der Waals surface area contributed by atoms with Gasteiger partial charge in [0.1, 0.15) is 11.8 Å². The lowest BCUT2D eigenvalue weighted by atomic mass is 10.00. The summed E-state index contributed by atoms with van der Waals surface area (Å²) in [5.74, 6) is 0.503. The number of rotatable bonds is 3. The maximum absolute atomic E-state index is 12.2. The third kappa shape index (κ3) is 2.48. The molecule has 0 N–H and O–H groups in total. The molecule has 5 rings (SSSR count). The number of aryl methyl sites for hydroxylation is 1. The minimum atomic E-state index is -0.235. The van der Waals surface area contributed by atoms with Crippen LogP contribution in [0.3, 0.4) is 0 Å². The number of pyridine rings is 1. The highest BCUT2D eigenvalue weighted by molar-refractivity contribution is 5.94. The number of tetrazole rings is 1. The highest BCUT2D eigenvalue weighted by Gasteiger charge is 2.46. The van der Waals surface area contributed by atoms with Crippen molar-refractivity contribution in [2.75, 3.05) is 4.90 Å². The van der Waals surface area contributed by atoms with Crippen LogP contribution in [0.5, 0.6) is 0 Å². The van der Waals surface area contributed by atoms with Crippen LogP contribution in [-0.2, 0) is 18.2 Å². The molecule has 1 saturated heterocycles. The highest BCUT2D eigenvalue weighted by Crippen LogP contribution is 2.41. The lowest BCUT2D eigenvalue weighted by Crippen LogP contribution is -2.32. The Hall–Kier alpha value is -3.29. The number of cyclic esters (lactones) is 1. The number of ether oxygens (including phenoxy) is 1. The second-order valence-electron chi connectivity index (χ2n) is 6.85. The van der Waals surface area contributed by atoms with Gasteiger partial charge in [-0.15, -0.1) is 10.2 Å². The standard InChI is InChI=1S/C19H18N6O2/c1-3-17-16-9-13-8-11(5-7-15(13)25(16)19(26)27-17)12-4-6-14(20-10-12)18-21-23-24(2)22-18/h4-8,10,16-17H,3,9H2,1-2H3/t16-,17-/m0/s1. The van der Waals surface area contributed by atoms with Crippen molar-refractivity contribution in [1.29, 1.82) is 0 Å². The molecule has 0 bridgehead atoms. The Bertz CT molecular complexity index is 1030. The van der Waals surface area contributed by atoms with E-state index >= 15 is 0 Å². The molecule has 1 fully saturated rings. The van der Waals surface area contributed by atoms with Crippen molar-refractivity contribution >= 4 is 11.8 Å². The molecule has 0 spiro atoms. The first-order valence-electron chi connectivity index (χ1n) is 8.97. The molecule has 2 aliphatic heterocycles. The molecule has 2 aliphatic rings. The first-order chi connectivity index (χ1) is 13.1. The zero-order valence-electron chi connectivity index (χ0n) is 15.0. The van der Waals surface area contributed by atoms with Gasteiger partial charge >= 0.3 is 6.09 Å². The largest absolute Gasteiger partial charge is 0.444 e. The second-order valence-corrected chi connectivity index (χ2v) is 6.85. The number of carbonyl (C=O) groups is 1. The molecule has 27 heavy (non-hydrogen) atoms. The number of amides is 1. The molecule has 8 heteroatoms. The molecule has 0 radical (unpaired) electrons. The van der Waals surface area contributed by atoms with Gasteiger partial charge in [0.05, 0.1) is 18.8 Å². The number of benzene rings is 1. The van der Waals surface area contributed by atoms with Crippen LogP contribution in [0, 0.1) is 0 Å². The van der Waals surface area contributed by atoms with Crippen LogP contribution in [0.25, 0.3) is 22.6 Å². The molecular formula is C19H18N6O2. The Labute approximate surface area is 155 Å². The van der Waals surface area contributed by atoms with Crippen molar-refractivity contribution in [2.45, 2.75) is 31.9 Å². The van der Waals surface area contributed by atoms with Crippen LogP contribution in [0.2, 0.25) is 0 Å². The normalized spacial score (nSPS) is 20.5. The second kappa shape index (κ2) is 5.87. The van der Waals surface area contributed by atoms with Gasteiger partial charge in [0, 0.05) is 11.8 Å². The summed E-state index contributed by atoms with van der Waals surface area (Å²) in [6.45, 7) is 2.05. The number of hydrogen-bond acceptors (Lipinski definition) is 6. The van der Waals surface area contributed by atoms with E-state index in [1.165, 1.54) is 10.4 Å². The third-order valence-corrected chi connectivity index (χ3v) is 5.21. The summed E-state index contributed by atoms with van der Waals surface area (Å²) in [5.41, 5.74) is 4.89. The monoisotopic (exact) mass is 362 g/mol. The number of carbonyl (C=O) groups excluding carboxylic acids is 1. The zero-order valence-corrected chi connectivity index (χ0v) is 15.0. The van der Waals surface area contributed by atoms with Gasteiger partial charge in [-0.3, -0.25) is 9.88 Å². The summed E-state index contributed by atoms with van der Waals surface area (Å²) in [5, 5.41) is 12.0. The molecule has 0 aliphatic carbocycles. The summed E-state index contributed by atoms with van der Waals surface area (Å²) in [7, 11) is 1.72. The average Bonchev–Trinajstić information content (AvgIpc) is 3.36. The smallest absolute Gasteiger partial charge is 0.415 e. The van der Waals surface area contributed by atoms with Gasteiger partial charge < -0.3 is 4.74 Å². The highest BCUT2D eigenvalue weighted by atomic mass is 16.6. The Morgan fingerprint density at radius 1 is 1.22 bits per heavy atom. The molecule has 1 aromatic carbocycles. The molecule has 3 aromatic rings. The van der Waals surface area contributed by atoms with Crippen molar-refractivity contribution < 1.29 is 9.53 Å². The number of aromatic nitrogens is 5. The van der Waals surface area contributed by atoms with E-state index in [-0.39, 0.29) is 18.2 Å². The molecular weight excluding hydrogens is 344 g/mol. The van der Waals surface area contributed by atoms with Gasteiger partial charge in [0.25, 0.3) is 0 Å². The van der Waals surface area contributed by atoms with Gasteiger partial charge in [-0.25, -0.2) is 4.79 Å². The first-order valence-corrected chi connectivity index (χ1v) is 8.97. The molecule has 8 nitrogen and oxygen atoms in total. The van der Waals surface area contributed by atoms with E-state index in [4.69, 9.17) is 4.74 Å². The summed E-state index contributed by atoms with van der Waals surface area (Å²) in [6.07, 6.45) is 3.19. The number of hydrogen-bond donors (Lipinski definition) is 0. The van der Waals surface area contributed by atoms with E-state index in [9.17, 15) is 4.79 Å². The predicted octanol–water partition coefficient (Wildman–Crippen LogP) is 2.60. The summed E-state index contributed by atoms with van der Waals surface area (Å²) >= 11 is 0. The lowest BCUT2D eigenvalue weighted by Gasteiger charge is -2.15. The van der Waals surface area contributed by atoms with Crippen molar-refractivity contribution in [3.63, 3.8) is 0 Å². The van der Waals surface area contributed by atoms with Crippen molar-refractivity contribution in [3.8, 4) is 22.6 Å². The summed E-state index contributed by atoms with van der Waals surface area (Å²) in [4.78, 5) is 19.9. The van der Waals surface area contributed by atoms with Gasteiger partial charge in [0.15, 0.2) is 0 Å². The summed E-state index contributed by atoms with van der Waals surface area (Å²) in [6, 6.07) is 10.2. The Morgan fingerprint density at radius 2 is 2.07 bits per heavy atom. The van der Waals surface area contributed by atoms with Crippen molar-refractivity contribution in [2.24, 2.45) is 7.05 Å². The zero-order chi connectivity index (χ0) is 18.5. The van der Waals surface area contributed by atoms with Crippen LogP contribution in [0.15, 0.2) is 36.5 Å². The van der Waals surface area contributed by atoms with Gasteiger partial charge in [0.2, 0.25) is 5.82 Å². The topological polar surface area (TPSA) is 86.0 Å². The van der Waals surface area contributed by atoms with Crippen LogP contribution in [0.4, 0.5) is 10.5 Å². The van der Waals surface area contributed by atoms with E-state index in [2.05, 4.69) is 33.4 Å². The van der Waals surface area contributed by atoms with Crippen molar-refractivity contribution in [1.82, 2.24) is 25.2 Å². The summed E-state index contributed by atoms with van der Waals surface area (Å²) < 4.78 is 5.46. The van der Waals surface area contributed by atoms with E-state index in [0.717, 1.165) is 29.7 Å². The third-order valence-electron chi connectivity index (χ3n) is 5.21. The Morgan fingerprint density at radius 3 is 2.78 bits per heavy atom. The van der Waals surface area contributed by atoms with Crippen LogP contribution >= 0.6 is 0 Å². The maximum atomic E-state index is 12.2. The molecule has 2 aromatic heterocycles. The fourth-order valence-corrected chi connectivity index (χ4v) is 3.89. The molecule has 1 amide bonds. The van der Waals surface area contributed by atoms with Gasteiger partial charge in [-0.1, -0.05) is 19.1 Å². The van der Waals surface area contributed by atoms with Crippen LogP contribution in [0.1, 0.15) is 18.9 Å². The van der Waals surface area contributed by atoms with E-state index < -0.39 is 0 Å². The van der Waals surface area contributed by atoms with Gasteiger partial charge in [-0.05, 0) is 47.4 Å². The molecule has 0 saturated carbocycles. The number of nitrogens with zero attached hydrogens (tertiary/aromatic N) is 6. The fourth-order valence-electron chi connectivity index (χ4n) is 3.89. The van der Waals surface area contributed by atoms with Crippen LogP contribution < -0.4 is 4.90 Å². The van der Waals surface area contributed by atoms with Gasteiger partial charge in [-0.2, -0.15) is 4.80 Å². The first kappa shape index (κ1) is 15.9. The quantitative estimate of drug-likeness (QED) is 0.712. The molecule has 0 unspecified atom stereocenters. The average molecular weight is 362 g/mol. The SMILES string of the molecule is CC[C@@H]1OC(=O)N2c3ccc(-c4ccc(-c5nnn(C)n5)nc4)cc3C[C@@H]12. The Kier molecular flexibility index (Phi) is 3.46. The van der Waals surface area contributed by atoms with E-state index in [1.807, 2.05) is 30.5 Å². The molecule has 136 valence electrons. The molecule has 4 heterocycles. The van der Waals surface area contributed by atoms with Crippen molar-refractivity contribution in [3.05, 3.63) is 42.1 Å². The Balaban J connectivity index is 1.45. The van der Waals surface area contributed by atoms with E-state index in [1.54, 1.807) is 11.9 Å². The fraction of sp³-hybridized carbons (Fsp3) is 0.316. The predicted molar refractivity (Wildman–Crippen MR) is 98.0 cm³/mol. The maximum Gasteiger partial charge on any atom is 0.415 e. The molecule has 2 atom stereocenters. The van der Waals surface area contributed by atoms with Crippen LogP contribution in [-0.4, -0.2) is 43.4 Å².